The number of carboxylic acid groups (broad SMARTS) is 2. The fourth-order valence-corrected chi connectivity index (χ4v) is 3.62. The van der Waals surface area contributed by atoms with Gasteiger partial charge in [0.2, 0.25) is 0 Å². The SMILES string of the molecule is Cc1c(C(=O)O)c(C(=O)O)c2c3cc4ccccc4cc3c(N(C)C)nn12. The number of rotatable bonds is 3. The Balaban J connectivity index is 2.34. The highest BCUT2D eigenvalue weighted by atomic mass is 16.4. The van der Waals surface area contributed by atoms with Crippen LogP contribution in [0.5, 0.6) is 0 Å². The van der Waals surface area contributed by atoms with E-state index in [1.807, 2.05) is 55.4 Å². The van der Waals surface area contributed by atoms with Gasteiger partial charge in [-0.1, -0.05) is 24.3 Å². The highest BCUT2D eigenvalue weighted by molar-refractivity contribution is 6.17. The van der Waals surface area contributed by atoms with Crippen LogP contribution >= 0.6 is 0 Å². The Morgan fingerprint density at radius 1 is 0.963 bits per heavy atom. The minimum Gasteiger partial charge on any atom is -0.478 e. The number of carboxylic acids is 2. The van der Waals surface area contributed by atoms with E-state index in [2.05, 4.69) is 5.10 Å². The van der Waals surface area contributed by atoms with E-state index in [1.54, 1.807) is 6.92 Å². The Morgan fingerprint density at radius 3 is 2.04 bits per heavy atom. The lowest BCUT2D eigenvalue weighted by Crippen LogP contribution is -2.14. The topological polar surface area (TPSA) is 95.1 Å². The molecule has 0 amide bonds. The van der Waals surface area contributed by atoms with Gasteiger partial charge in [0.15, 0.2) is 5.82 Å². The van der Waals surface area contributed by atoms with Gasteiger partial charge in [-0.2, -0.15) is 0 Å². The van der Waals surface area contributed by atoms with Gasteiger partial charge in [0.1, 0.15) is 5.56 Å². The average molecular weight is 363 g/mol. The molecule has 0 fully saturated rings. The molecule has 0 saturated heterocycles. The zero-order chi connectivity index (χ0) is 19.5. The maximum atomic E-state index is 12.0. The van der Waals surface area contributed by atoms with Crippen LogP contribution in [0.15, 0.2) is 36.4 Å². The predicted octanol–water partition coefficient (Wildman–Crippen LogP) is 3.41. The van der Waals surface area contributed by atoms with Crippen molar-refractivity contribution in [3.63, 3.8) is 0 Å². The number of fused-ring (bicyclic) bond motifs is 4. The number of carbonyl (C=O) groups is 2. The summed E-state index contributed by atoms with van der Waals surface area (Å²) >= 11 is 0. The van der Waals surface area contributed by atoms with Gasteiger partial charge in [-0.25, -0.2) is 14.1 Å². The summed E-state index contributed by atoms with van der Waals surface area (Å²) in [4.78, 5) is 25.6. The van der Waals surface area contributed by atoms with Crippen molar-refractivity contribution in [1.29, 1.82) is 0 Å². The van der Waals surface area contributed by atoms with Crippen molar-refractivity contribution >= 4 is 44.8 Å². The number of hydrogen-bond donors (Lipinski definition) is 2. The van der Waals surface area contributed by atoms with Crippen LogP contribution in [0.1, 0.15) is 26.4 Å². The van der Waals surface area contributed by atoms with Crippen molar-refractivity contribution in [3.8, 4) is 0 Å². The molecule has 0 spiro atoms. The molecule has 0 unspecified atom stereocenters. The standard InChI is InChI=1S/C20H17N3O4/c1-10-15(19(24)25)16(20(26)27)17-13-8-11-6-4-5-7-12(11)9-14(13)18(22(2)3)21-23(10)17/h4-9H,1-3H3,(H,24,25)(H,26,27). The Kier molecular flexibility index (Phi) is 3.56. The summed E-state index contributed by atoms with van der Waals surface area (Å²) in [6.45, 7) is 1.57. The lowest BCUT2D eigenvalue weighted by atomic mass is 10.0. The highest BCUT2D eigenvalue weighted by Gasteiger charge is 2.29. The lowest BCUT2D eigenvalue weighted by Gasteiger charge is -2.16. The maximum Gasteiger partial charge on any atom is 0.338 e. The first-order valence-electron chi connectivity index (χ1n) is 8.33. The van der Waals surface area contributed by atoms with E-state index in [0.717, 1.165) is 16.2 Å². The molecule has 2 N–H and O–H groups in total. The zero-order valence-corrected chi connectivity index (χ0v) is 15.0. The van der Waals surface area contributed by atoms with Crippen LogP contribution in [-0.4, -0.2) is 45.9 Å². The Morgan fingerprint density at radius 2 is 1.52 bits per heavy atom. The molecule has 0 bridgehead atoms. The summed E-state index contributed by atoms with van der Waals surface area (Å²) in [5.41, 5.74) is 0.107. The summed E-state index contributed by atoms with van der Waals surface area (Å²) in [6.07, 6.45) is 0. The van der Waals surface area contributed by atoms with Crippen LogP contribution < -0.4 is 4.90 Å². The van der Waals surface area contributed by atoms with E-state index in [1.165, 1.54) is 4.52 Å². The quantitative estimate of drug-likeness (QED) is 0.542. The van der Waals surface area contributed by atoms with Crippen molar-refractivity contribution in [2.75, 3.05) is 19.0 Å². The van der Waals surface area contributed by atoms with Gasteiger partial charge >= 0.3 is 11.9 Å². The third-order valence-corrected chi connectivity index (χ3v) is 4.81. The maximum absolute atomic E-state index is 12.0. The molecule has 0 aliphatic heterocycles. The number of anilines is 1. The minimum atomic E-state index is -1.29. The Bertz CT molecular complexity index is 1270. The minimum absolute atomic E-state index is 0.236. The zero-order valence-electron chi connectivity index (χ0n) is 15.0. The van der Waals surface area contributed by atoms with E-state index in [4.69, 9.17) is 0 Å². The van der Waals surface area contributed by atoms with Crippen molar-refractivity contribution in [3.05, 3.63) is 53.2 Å². The second-order valence-corrected chi connectivity index (χ2v) is 6.67. The monoisotopic (exact) mass is 363 g/mol. The fourth-order valence-electron chi connectivity index (χ4n) is 3.62. The van der Waals surface area contributed by atoms with Crippen LogP contribution in [0.25, 0.3) is 27.1 Å². The van der Waals surface area contributed by atoms with Gasteiger partial charge in [-0.3, -0.25) is 0 Å². The molecule has 2 aromatic carbocycles. The van der Waals surface area contributed by atoms with Crippen LogP contribution in [0.4, 0.5) is 5.82 Å². The molecule has 7 heteroatoms. The van der Waals surface area contributed by atoms with Gasteiger partial charge in [0.05, 0.1) is 16.8 Å². The molecule has 136 valence electrons. The Hall–Kier alpha value is -3.61. The average Bonchev–Trinajstić information content (AvgIpc) is 2.92. The number of nitrogens with zero attached hydrogens (tertiary/aromatic N) is 3. The second-order valence-electron chi connectivity index (χ2n) is 6.67. The molecular weight excluding hydrogens is 346 g/mol. The summed E-state index contributed by atoms with van der Waals surface area (Å²) in [6, 6.07) is 11.6. The molecule has 0 atom stereocenters. The van der Waals surface area contributed by atoms with E-state index >= 15 is 0 Å². The largest absolute Gasteiger partial charge is 0.478 e. The van der Waals surface area contributed by atoms with E-state index in [0.29, 0.717) is 16.7 Å². The molecule has 0 radical (unpaired) electrons. The number of aromatic nitrogens is 2. The molecule has 4 rings (SSSR count). The first-order valence-corrected chi connectivity index (χ1v) is 8.33. The third-order valence-electron chi connectivity index (χ3n) is 4.81. The van der Waals surface area contributed by atoms with Gasteiger partial charge in [-0.05, 0) is 29.8 Å². The van der Waals surface area contributed by atoms with Crippen LogP contribution in [0.3, 0.4) is 0 Å². The first kappa shape index (κ1) is 16.8. The Labute approximate surface area is 154 Å². The summed E-state index contributed by atoms with van der Waals surface area (Å²) in [5.74, 6) is -1.93. The van der Waals surface area contributed by atoms with Crippen molar-refractivity contribution in [1.82, 2.24) is 9.61 Å². The van der Waals surface area contributed by atoms with Gasteiger partial charge in [0, 0.05) is 24.9 Å². The van der Waals surface area contributed by atoms with Crippen LogP contribution in [0.2, 0.25) is 0 Å². The second kappa shape index (κ2) is 5.70. The van der Waals surface area contributed by atoms with Gasteiger partial charge in [0.25, 0.3) is 0 Å². The molecule has 0 aliphatic rings. The molecule has 27 heavy (non-hydrogen) atoms. The van der Waals surface area contributed by atoms with Crippen molar-refractivity contribution in [2.24, 2.45) is 0 Å². The number of aromatic carboxylic acids is 2. The van der Waals surface area contributed by atoms with Crippen LogP contribution in [-0.2, 0) is 0 Å². The molecule has 2 heterocycles. The molecule has 7 nitrogen and oxygen atoms in total. The molecule has 0 saturated carbocycles. The fraction of sp³-hybridized carbons (Fsp3) is 0.150. The molecule has 4 aromatic rings. The molecular formula is C20H17N3O4. The molecule has 0 aliphatic carbocycles. The smallest absolute Gasteiger partial charge is 0.338 e. The summed E-state index contributed by atoms with van der Waals surface area (Å²) in [7, 11) is 3.69. The van der Waals surface area contributed by atoms with Gasteiger partial charge < -0.3 is 15.1 Å². The van der Waals surface area contributed by atoms with Gasteiger partial charge in [-0.15, -0.1) is 5.10 Å². The molecule has 2 aromatic heterocycles. The van der Waals surface area contributed by atoms with Crippen LogP contribution in [0, 0.1) is 6.92 Å². The van der Waals surface area contributed by atoms with E-state index in [-0.39, 0.29) is 16.8 Å². The van der Waals surface area contributed by atoms with Crippen molar-refractivity contribution < 1.29 is 19.8 Å². The normalized spacial score (nSPS) is 11.4. The number of aryl methyl sites for hydroxylation is 1. The third kappa shape index (κ3) is 2.32. The van der Waals surface area contributed by atoms with Crippen molar-refractivity contribution in [2.45, 2.75) is 6.92 Å². The highest BCUT2D eigenvalue weighted by Crippen LogP contribution is 2.35. The summed E-state index contributed by atoms with van der Waals surface area (Å²) in [5, 5.41) is 27.3. The van der Waals surface area contributed by atoms with E-state index in [9.17, 15) is 19.8 Å². The summed E-state index contributed by atoms with van der Waals surface area (Å²) < 4.78 is 1.43. The predicted molar refractivity (Wildman–Crippen MR) is 103 cm³/mol. The van der Waals surface area contributed by atoms with E-state index < -0.39 is 11.9 Å². The first-order chi connectivity index (χ1) is 12.8. The number of benzene rings is 2. The lowest BCUT2D eigenvalue weighted by molar-refractivity contribution is 0.0653. The number of hydrogen-bond acceptors (Lipinski definition) is 4.